The Labute approximate surface area is 133 Å². The van der Waals surface area contributed by atoms with Crippen molar-refractivity contribution in [1.29, 1.82) is 0 Å². The van der Waals surface area contributed by atoms with Crippen molar-refractivity contribution in [2.24, 2.45) is 0 Å². The normalized spacial score (nSPS) is 11.1. The predicted molar refractivity (Wildman–Crippen MR) is 86.4 cm³/mol. The SMILES string of the molecule is Brc1cc(CNCc2cccc3cccnc23)oc1Br. The molecule has 0 amide bonds. The first kappa shape index (κ1) is 13.8. The van der Waals surface area contributed by atoms with Gasteiger partial charge in [-0.1, -0.05) is 24.3 Å². The third kappa shape index (κ3) is 2.95. The summed E-state index contributed by atoms with van der Waals surface area (Å²) >= 11 is 6.74. The van der Waals surface area contributed by atoms with Crippen LogP contribution in [-0.4, -0.2) is 4.98 Å². The van der Waals surface area contributed by atoms with Crippen LogP contribution in [0.5, 0.6) is 0 Å². The van der Waals surface area contributed by atoms with Crippen LogP contribution in [0.2, 0.25) is 0 Å². The van der Waals surface area contributed by atoms with Crippen LogP contribution in [-0.2, 0) is 13.1 Å². The Balaban J connectivity index is 1.71. The number of nitrogens with one attached hydrogen (secondary N) is 1. The van der Waals surface area contributed by atoms with Crippen molar-refractivity contribution in [1.82, 2.24) is 10.3 Å². The maximum atomic E-state index is 5.53. The topological polar surface area (TPSA) is 38.1 Å². The van der Waals surface area contributed by atoms with Gasteiger partial charge in [0.05, 0.1) is 16.5 Å². The summed E-state index contributed by atoms with van der Waals surface area (Å²) in [4.78, 5) is 4.45. The van der Waals surface area contributed by atoms with Crippen molar-refractivity contribution < 1.29 is 4.42 Å². The van der Waals surface area contributed by atoms with Crippen LogP contribution >= 0.6 is 31.9 Å². The summed E-state index contributed by atoms with van der Waals surface area (Å²) < 4.78 is 7.19. The number of rotatable bonds is 4. The van der Waals surface area contributed by atoms with Gasteiger partial charge in [0.1, 0.15) is 5.76 Å². The molecule has 0 spiro atoms. The van der Waals surface area contributed by atoms with Gasteiger partial charge in [-0.25, -0.2) is 0 Å². The Morgan fingerprint density at radius 1 is 1.10 bits per heavy atom. The van der Waals surface area contributed by atoms with Crippen LogP contribution in [0, 0.1) is 0 Å². The molecule has 0 aliphatic heterocycles. The zero-order valence-corrected chi connectivity index (χ0v) is 13.7. The average Bonchev–Trinajstić information content (AvgIpc) is 2.78. The third-order valence-electron chi connectivity index (χ3n) is 3.03. The fourth-order valence-electron chi connectivity index (χ4n) is 2.11. The van der Waals surface area contributed by atoms with Crippen LogP contribution in [0.15, 0.2) is 56.2 Å². The molecule has 3 rings (SSSR count). The molecule has 0 bridgehead atoms. The molecule has 2 aromatic heterocycles. The number of fused-ring (bicyclic) bond motifs is 1. The molecule has 102 valence electrons. The Bertz CT molecular complexity index is 715. The lowest BCUT2D eigenvalue weighted by Gasteiger charge is -2.06. The zero-order chi connectivity index (χ0) is 13.9. The van der Waals surface area contributed by atoms with Gasteiger partial charge in [0.15, 0.2) is 4.67 Å². The predicted octanol–water partition coefficient (Wildman–Crippen LogP) is 4.64. The van der Waals surface area contributed by atoms with Crippen LogP contribution in [0.25, 0.3) is 10.9 Å². The van der Waals surface area contributed by atoms with Crippen LogP contribution in [0.1, 0.15) is 11.3 Å². The van der Waals surface area contributed by atoms with Gasteiger partial charge in [0.25, 0.3) is 0 Å². The van der Waals surface area contributed by atoms with Crippen molar-refractivity contribution in [3.8, 4) is 0 Å². The second-order valence-electron chi connectivity index (χ2n) is 4.43. The number of aromatic nitrogens is 1. The first-order valence-electron chi connectivity index (χ1n) is 6.21. The number of nitrogens with zero attached hydrogens (tertiary/aromatic N) is 1. The van der Waals surface area contributed by atoms with Gasteiger partial charge in [-0.2, -0.15) is 0 Å². The fourth-order valence-corrected chi connectivity index (χ4v) is 2.77. The molecule has 0 saturated heterocycles. The smallest absolute Gasteiger partial charge is 0.183 e. The van der Waals surface area contributed by atoms with E-state index in [1.807, 2.05) is 18.3 Å². The van der Waals surface area contributed by atoms with E-state index in [2.05, 4.69) is 66.4 Å². The minimum absolute atomic E-state index is 0.674. The second-order valence-corrected chi connectivity index (χ2v) is 6.00. The molecular weight excluding hydrogens is 384 g/mol. The Morgan fingerprint density at radius 3 is 2.75 bits per heavy atom. The molecule has 0 aliphatic rings. The van der Waals surface area contributed by atoms with E-state index in [4.69, 9.17) is 4.42 Å². The van der Waals surface area contributed by atoms with Crippen molar-refractivity contribution >= 4 is 42.8 Å². The minimum atomic E-state index is 0.674. The lowest BCUT2D eigenvalue weighted by atomic mass is 10.1. The summed E-state index contributed by atoms with van der Waals surface area (Å²) in [6.07, 6.45) is 1.83. The maximum Gasteiger partial charge on any atom is 0.183 e. The first-order valence-corrected chi connectivity index (χ1v) is 7.79. The van der Waals surface area contributed by atoms with Crippen LogP contribution in [0.4, 0.5) is 0 Å². The molecule has 0 atom stereocenters. The number of halogens is 2. The minimum Gasteiger partial charge on any atom is -0.452 e. The van der Waals surface area contributed by atoms with Gasteiger partial charge < -0.3 is 9.73 Å². The molecule has 3 aromatic rings. The van der Waals surface area contributed by atoms with Gasteiger partial charge in [0, 0.05) is 18.1 Å². The van der Waals surface area contributed by atoms with Crippen molar-refractivity contribution in [3.63, 3.8) is 0 Å². The second kappa shape index (κ2) is 6.08. The average molecular weight is 396 g/mol. The molecule has 3 nitrogen and oxygen atoms in total. The van der Waals surface area contributed by atoms with E-state index in [1.54, 1.807) is 0 Å². The number of hydrogen-bond donors (Lipinski definition) is 1. The molecule has 0 radical (unpaired) electrons. The Kier molecular flexibility index (Phi) is 4.19. The number of benzene rings is 1. The molecule has 5 heteroatoms. The van der Waals surface area contributed by atoms with E-state index in [0.717, 1.165) is 32.4 Å². The van der Waals surface area contributed by atoms with Gasteiger partial charge in [0.2, 0.25) is 0 Å². The Morgan fingerprint density at radius 2 is 1.95 bits per heavy atom. The van der Waals surface area contributed by atoms with Gasteiger partial charge in [-0.3, -0.25) is 4.98 Å². The molecule has 0 unspecified atom stereocenters. The molecule has 20 heavy (non-hydrogen) atoms. The number of furan rings is 1. The summed E-state index contributed by atoms with van der Waals surface area (Å²) in [5, 5.41) is 4.54. The molecule has 1 N–H and O–H groups in total. The summed E-state index contributed by atoms with van der Waals surface area (Å²) in [7, 11) is 0. The highest BCUT2D eigenvalue weighted by Gasteiger charge is 2.06. The quantitative estimate of drug-likeness (QED) is 0.699. The molecule has 0 aliphatic carbocycles. The maximum absolute atomic E-state index is 5.53. The molecule has 2 heterocycles. The summed E-state index contributed by atoms with van der Waals surface area (Å²) in [6, 6.07) is 12.2. The van der Waals surface area contributed by atoms with E-state index in [1.165, 1.54) is 5.56 Å². The van der Waals surface area contributed by atoms with Crippen LogP contribution < -0.4 is 5.32 Å². The van der Waals surface area contributed by atoms with Crippen molar-refractivity contribution in [2.45, 2.75) is 13.1 Å². The number of para-hydroxylation sites is 1. The highest BCUT2D eigenvalue weighted by atomic mass is 79.9. The fraction of sp³-hybridized carbons (Fsp3) is 0.133. The van der Waals surface area contributed by atoms with Crippen molar-refractivity contribution in [2.75, 3.05) is 0 Å². The monoisotopic (exact) mass is 394 g/mol. The molecule has 1 aromatic carbocycles. The van der Waals surface area contributed by atoms with Crippen LogP contribution in [0.3, 0.4) is 0 Å². The van der Waals surface area contributed by atoms with E-state index >= 15 is 0 Å². The summed E-state index contributed by atoms with van der Waals surface area (Å²) in [5.74, 6) is 0.886. The summed E-state index contributed by atoms with van der Waals surface area (Å²) in [6.45, 7) is 1.43. The number of hydrogen-bond acceptors (Lipinski definition) is 3. The lowest BCUT2D eigenvalue weighted by molar-refractivity contribution is 0.464. The van der Waals surface area contributed by atoms with Gasteiger partial charge >= 0.3 is 0 Å². The van der Waals surface area contributed by atoms with E-state index in [0.29, 0.717) is 6.54 Å². The third-order valence-corrected chi connectivity index (χ3v) is 4.74. The highest BCUT2D eigenvalue weighted by molar-refractivity contribution is 9.13. The number of pyridine rings is 1. The zero-order valence-electron chi connectivity index (χ0n) is 10.6. The van der Waals surface area contributed by atoms with Crippen molar-refractivity contribution in [3.05, 3.63) is 63.1 Å². The van der Waals surface area contributed by atoms with Gasteiger partial charge in [-0.05, 0) is 49.6 Å². The molecule has 0 fully saturated rings. The van der Waals surface area contributed by atoms with E-state index in [9.17, 15) is 0 Å². The van der Waals surface area contributed by atoms with E-state index in [-0.39, 0.29) is 0 Å². The van der Waals surface area contributed by atoms with Gasteiger partial charge in [-0.15, -0.1) is 0 Å². The molecule has 0 saturated carbocycles. The summed E-state index contributed by atoms with van der Waals surface area (Å²) in [5.41, 5.74) is 2.23. The first-order chi connectivity index (χ1) is 9.74. The Hall–Kier alpha value is -1.17. The van der Waals surface area contributed by atoms with E-state index < -0.39 is 0 Å². The largest absolute Gasteiger partial charge is 0.452 e. The lowest BCUT2D eigenvalue weighted by Crippen LogP contribution is -2.12. The molecular formula is C15H12Br2N2O. The standard InChI is InChI=1S/C15H12Br2N2O/c16-13-7-12(20-15(13)17)9-18-8-11-4-1-3-10-5-2-6-19-14(10)11/h1-7,18H,8-9H2. The highest BCUT2D eigenvalue weighted by Crippen LogP contribution is 2.26.